The van der Waals surface area contributed by atoms with Crippen molar-refractivity contribution < 1.29 is 5.11 Å². The summed E-state index contributed by atoms with van der Waals surface area (Å²) in [6.07, 6.45) is 4.51. The minimum absolute atomic E-state index is 0.415. The van der Waals surface area contributed by atoms with E-state index in [2.05, 4.69) is 4.98 Å². The zero-order chi connectivity index (χ0) is 8.81. The van der Waals surface area contributed by atoms with Crippen molar-refractivity contribution in [2.24, 2.45) is 5.73 Å². The first kappa shape index (κ1) is 9.16. The van der Waals surface area contributed by atoms with Gasteiger partial charge in [0.25, 0.3) is 0 Å². The zero-order valence-electron chi connectivity index (χ0n) is 6.98. The molecule has 0 fully saturated rings. The number of nitrogens with two attached hydrogens (primary N) is 1. The standard InChI is InChI=1S/C9H14N2O/c10-5-1-4-9(12)8-3-2-6-11-7-8/h2-3,6-7,9,12H,1,4-5,10H2/t9-/m1/s1. The van der Waals surface area contributed by atoms with Crippen molar-refractivity contribution in [3.63, 3.8) is 0 Å². The predicted octanol–water partition coefficient (Wildman–Crippen LogP) is 0.854. The van der Waals surface area contributed by atoms with Crippen LogP contribution in [0, 0.1) is 0 Å². The number of rotatable bonds is 4. The van der Waals surface area contributed by atoms with Crippen LogP contribution < -0.4 is 5.73 Å². The molecule has 0 unspecified atom stereocenters. The molecule has 0 saturated carbocycles. The summed E-state index contributed by atoms with van der Waals surface area (Å²) in [5.74, 6) is 0. The number of nitrogens with zero attached hydrogens (tertiary/aromatic N) is 1. The van der Waals surface area contributed by atoms with Crippen LogP contribution in [0.1, 0.15) is 24.5 Å². The number of aliphatic hydroxyl groups is 1. The summed E-state index contributed by atoms with van der Waals surface area (Å²) in [6.45, 7) is 0.622. The van der Waals surface area contributed by atoms with E-state index >= 15 is 0 Å². The van der Waals surface area contributed by atoms with E-state index in [0.29, 0.717) is 13.0 Å². The molecule has 1 rings (SSSR count). The Morgan fingerprint density at radius 2 is 2.42 bits per heavy atom. The molecule has 0 bridgehead atoms. The quantitative estimate of drug-likeness (QED) is 0.697. The first-order valence-electron chi connectivity index (χ1n) is 4.12. The second-order valence-electron chi connectivity index (χ2n) is 2.73. The van der Waals surface area contributed by atoms with E-state index < -0.39 is 6.10 Å². The molecule has 3 N–H and O–H groups in total. The molecule has 0 aromatic carbocycles. The van der Waals surface area contributed by atoms with Crippen LogP contribution in [-0.2, 0) is 0 Å². The van der Waals surface area contributed by atoms with Crippen LogP contribution in [0.4, 0.5) is 0 Å². The number of hydrogen-bond donors (Lipinski definition) is 2. The lowest BCUT2D eigenvalue weighted by Gasteiger charge is -2.08. The fourth-order valence-electron chi connectivity index (χ4n) is 1.05. The topological polar surface area (TPSA) is 59.1 Å². The van der Waals surface area contributed by atoms with Gasteiger partial charge in [-0.25, -0.2) is 0 Å². The molecule has 1 aromatic heterocycles. The molecule has 3 nitrogen and oxygen atoms in total. The largest absolute Gasteiger partial charge is 0.388 e. The third-order valence-electron chi connectivity index (χ3n) is 1.75. The van der Waals surface area contributed by atoms with Gasteiger partial charge in [-0.15, -0.1) is 0 Å². The van der Waals surface area contributed by atoms with Crippen molar-refractivity contribution in [3.8, 4) is 0 Å². The van der Waals surface area contributed by atoms with Gasteiger partial charge in [0.1, 0.15) is 0 Å². The molecule has 1 aromatic rings. The molecule has 0 aliphatic rings. The van der Waals surface area contributed by atoms with Crippen molar-refractivity contribution >= 4 is 0 Å². The van der Waals surface area contributed by atoms with Crippen molar-refractivity contribution in [1.82, 2.24) is 4.98 Å². The van der Waals surface area contributed by atoms with Gasteiger partial charge < -0.3 is 10.8 Å². The molecule has 3 heteroatoms. The van der Waals surface area contributed by atoms with Gasteiger partial charge in [0, 0.05) is 12.4 Å². The number of hydrogen-bond acceptors (Lipinski definition) is 3. The first-order valence-corrected chi connectivity index (χ1v) is 4.12. The van der Waals surface area contributed by atoms with Gasteiger partial charge >= 0.3 is 0 Å². The Labute approximate surface area is 72.2 Å². The van der Waals surface area contributed by atoms with Crippen LogP contribution in [0.5, 0.6) is 0 Å². The van der Waals surface area contributed by atoms with Gasteiger partial charge in [-0.2, -0.15) is 0 Å². The van der Waals surface area contributed by atoms with Gasteiger partial charge in [0.2, 0.25) is 0 Å². The summed E-state index contributed by atoms with van der Waals surface area (Å²) in [6, 6.07) is 3.69. The number of aliphatic hydroxyl groups excluding tert-OH is 1. The molecule has 1 atom stereocenters. The highest BCUT2D eigenvalue weighted by molar-refractivity contribution is 5.11. The molecule has 0 radical (unpaired) electrons. The normalized spacial score (nSPS) is 12.8. The molecule has 0 saturated heterocycles. The Bertz CT molecular complexity index is 213. The fourth-order valence-corrected chi connectivity index (χ4v) is 1.05. The molecule has 66 valence electrons. The summed E-state index contributed by atoms with van der Waals surface area (Å²) in [5.41, 5.74) is 6.19. The van der Waals surface area contributed by atoms with Crippen molar-refractivity contribution in [3.05, 3.63) is 30.1 Å². The van der Waals surface area contributed by atoms with Crippen LogP contribution in [0.3, 0.4) is 0 Å². The average molecular weight is 166 g/mol. The van der Waals surface area contributed by atoms with Crippen LogP contribution in [0.15, 0.2) is 24.5 Å². The Morgan fingerprint density at radius 3 is 3.00 bits per heavy atom. The maximum Gasteiger partial charge on any atom is 0.0805 e. The minimum atomic E-state index is -0.415. The van der Waals surface area contributed by atoms with E-state index in [-0.39, 0.29) is 0 Å². The summed E-state index contributed by atoms with van der Waals surface area (Å²) in [5, 5.41) is 9.56. The molecule has 0 spiro atoms. The van der Waals surface area contributed by atoms with Crippen molar-refractivity contribution in [2.45, 2.75) is 18.9 Å². The average Bonchev–Trinajstić information content (AvgIpc) is 2.15. The summed E-state index contributed by atoms with van der Waals surface area (Å²) < 4.78 is 0. The lowest BCUT2D eigenvalue weighted by molar-refractivity contribution is 0.165. The van der Waals surface area contributed by atoms with Gasteiger partial charge in [0.15, 0.2) is 0 Å². The second-order valence-corrected chi connectivity index (χ2v) is 2.73. The number of pyridine rings is 1. The molecule has 0 aliphatic heterocycles. The number of aromatic nitrogens is 1. The highest BCUT2D eigenvalue weighted by Crippen LogP contribution is 2.15. The van der Waals surface area contributed by atoms with E-state index in [1.54, 1.807) is 12.4 Å². The van der Waals surface area contributed by atoms with Crippen molar-refractivity contribution in [2.75, 3.05) is 6.54 Å². The third-order valence-corrected chi connectivity index (χ3v) is 1.75. The second kappa shape index (κ2) is 4.85. The third kappa shape index (κ3) is 2.60. The van der Waals surface area contributed by atoms with Gasteiger partial charge in [-0.1, -0.05) is 6.07 Å². The van der Waals surface area contributed by atoms with Crippen LogP contribution >= 0.6 is 0 Å². The first-order chi connectivity index (χ1) is 5.84. The van der Waals surface area contributed by atoms with Crippen LogP contribution in [0.2, 0.25) is 0 Å². The molecule has 0 aliphatic carbocycles. The van der Waals surface area contributed by atoms with Crippen LogP contribution in [0.25, 0.3) is 0 Å². The van der Waals surface area contributed by atoms with E-state index in [1.807, 2.05) is 12.1 Å². The van der Waals surface area contributed by atoms with E-state index in [4.69, 9.17) is 5.73 Å². The SMILES string of the molecule is NCCC[C@@H](O)c1cccnc1. The van der Waals surface area contributed by atoms with Crippen LogP contribution in [-0.4, -0.2) is 16.6 Å². The molecule has 0 amide bonds. The maximum atomic E-state index is 9.56. The Balaban J connectivity index is 2.48. The van der Waals surface area contributed by atoms with Gasteiger partial charge in [-0.05, 0) is 31.0 Å². The molecular formula is C9H14N2O. The van der Waals surface area contributed by atoms with Gasteiger partial charge in [0.05, 0.1) is 6.10 Å². The Kier molecular flexibility index (Phi) is 3.70. The summed E-state index contributed by atoms with van der Waals surface area (Å²) in [7, 11) is 0. The zero-order valence-corrected chi connectivity index (χ0v) is 6.98. The monoisotopic (exact) mass is 166 g/mol. The maximum absolute atomic E-state index is 9.56. The van der Waals surface area contributed by atoms with E-state index in [1.165, 1.54) is 0 Å². The van der Waals surface area contributed by atoms with E-state index in [0.717, 1.165) is 12.0 Å². The lowest BCUT2D eigenvalue weighted by atomic mass is 10.1. The van der Waals surface area contributed by atoms with Crippen molar-refractivity contribution in [1.29, 1.82) is 0 Å². The summed E-state index contributed by atoms with van der Waals surface area (Å²) in [4.78, 5) is 3.92. The smallest absolute Gasteiger partial charge is 0.0805 e. The van der Waals surface area contributed by atoms with Gasteiger partial charge in [-0.3, -0.25) is 4.98 Å². The van der Waals surface area contributed by atoms with E-state index in [9.17, 15) is 5.11 Å². The molecular weight excluding hydrogens is 152 g/mol. The minimum Gasteiger partial charge on any atom is -0.388 e. The Hall–Kier alpha value is -0.930. The lowest BCUT2D eigenvalue weighted by Crippen LogP contribution is -2.03. The molecule has 12 heavy (non-hydrogen) atoms. The highest BCUT2D eigenvalue weighted by atomic mass is 16.3. The summed E-state index contributed by atoms with van der Waals surface area (Å²) >= 11 is 0. The molecule has 1 heterocycles. The Morgan fingerprint density at radius 1 is 1.58 bits per heavy atom. The fraction of sp³-hybridized carbons (Fsp3) is 0.444. The predicted molar refractivity (Wildman–Crippen MR) is 47.5 cm³/mol. The highest BCUT2D eigenvalue weighted by Gasteiger charge is 2.05.